The van der Waals surface area contributed by atoms with E-state index in [0.29, 0.717) is 22.5 Å². The molecule has 100 valence electrons. The van der Waals surface area contributed by atoms with E-state index >= 15 is 0 Å². The number of carbonyl (C=O) groups is 1. The molecule has 0 bridgehead atoms. The lowest BCUT2D eigenvalue weighted by molar-refractivity contribution is 0.103. The molecular weight excluding hydrogens is 405 g/mol. The minimum atomic E-state index is -0.00626. The summed E-state index contributed by atoms with van der Waals surface area (Å²) in [6.45, 7) is 0. The normalized spacial score (nSPS) is 11.5. The number of aromatic nitrogens is 2. The zero-order chi connectivity index (χ0) is 14.1. The highest BCUT2D eigenvalue weighted by atomic mass is 127. The molecule has 0 spiro atoms. The Labute approximate surface area is 135 Å². The highest BCUT2D eigenvalue weighted by molar-refractivity contribution is 14.2. The number of halogens is 2. The van der Waals surface area contributed by atoms with Crippen molar-refractivity contribution < 1.29 is 4.79 Å². The molecule has 0 radical (unpaired) electrons. The van der Waals surface area contributed by atoms with E-state index in [1.54, 1.807) is 30.5 Å². The SMILES string of the molecule is O=C(c1ccc(Cl)cc1)c1ccc2c(cnn2PI)c1. The summed E-state index contributed by atoms with van der Waals surface area (Å²) in [4.78, 5) is 12.4. The van der Waals surface area contributed by atoms with E-state index in [1.165, 1.54) is 0 Å². The lowest BCUT2D eigenvalue weighted by atomic mass is 10.0. The van der Waals surface area contributed by atoms with Crippen molar-refractivity contribution in [3.63, 3.8) is 0 Å². The minimum absolute atomic E-state index is 0.00626. The molecule has 0 aliphatic heterocycles. The molecule has 6 heteroatoms. The van der Waals surface area contributed by atoms with Crippen LogP contribution in [0.1, 0.15) is 15.9 Å². The van der Waals surface area contributed by atoms with Gasteiger partial charge < -0.3 is 0 Å². The molecule has 3 nitrogen and oxygen atoms in total. The number of rotatable bonds is 3. The molecule has 0 amide bonds. The first-order chi connectivity index (χ1) is 9.69. The van der Waals surface area contributed by atoms with Crippen LogP contribution in [0, 0.1) is 0 Å². The van der Waals surface area contributed by atoms with Crippen LogP contribution in [0.5, 0.6) is 0 Å². The lowest BCUT2D eigenvalue weighted by Crippen LogP contribution is -2.00. The summed E-state index contributed by atoms with van der Waals surface area (Å²) < 4.78 is 1.92. The third-order valence-corrected chi connectivity index (χ3v) is 5.16. The molecule has 0 aliphatic rings. The predicted octanol–water partition coefficient (Wildman–Crippen LogP) is 4.71. The summed E-state index contributed by atoms with van der Waals surface area (Å²) in [5, 5.41) is 5.90. The van der Waals surface area contributed by atoms with Gasteiger partial charge in [-0.3, -0.25) is 4.79 Å². The van der Waals surface area contributed by atoms with Crippen LogP contribution in [0.3, 0.4) is 0 Å². The molecule has 1 heterocycles. The zero-order valence-corrected chi connectivity index (χ0v) is 14.1. The molecule has 0 saturated carbocycles. The Bertz CT molecular complexity index is 785. The molecule has 0 saturated heterocycles. The first-order valence-corrected chi connectivity index (χ1v) is 10.3. The van der Waals surface area contributed by atoms with Crippen molar-refractivity contribution >= 4 is 56.7 Å². The van der Waals surface area contributed by atoms with Crippen LogP contribution < -0.4 is 0 Å². The Morgan fingerprint density at radius 2 is 1.85 bits per heavy atom. The molecule has 3 rings (SSSR count). The van der Waals surface area contributed by atoms with E-state index in [9.17, 15) is 4.79 Å². The highest BCUT2D eigenvalue weighted by Crippen LogP contribution is 2.28. The van der Waals surface area contributed by atoms with E-state index in [1.807, 2.05) is 22.7 Å². The molecule has 3 aromatic rings. The van der Waals surface area contributed by atoms with Crippen molar-refractivity contribution in [3.05, 3.63) is 64.8 Å². The summed E-state index contributed by atoms with van der Waals surface area (Å²) in [7, 11) is 0. The molecule has 0 N–H and O–H groups in total. The van der Waals surface area contributed by atoms with Gasteiger partial charge in [0.1, 0.15) is 0 Å². The summed E-state index contributed by atoms with van der Waals surface area (Å²) in [6.07, 6.45) is 2.34. The topological polar surface area (TPSA) is 34.9 Å². The van der Waals surface area contributed by atoms with Gasteiger partial charge in [-0.2, -0.15) is 5.10 Å². The molecule has 1 aromatic heterocycles. The first kappa shape index (κ1) is 14.0. The van der Waals surface area contributed by atoms with Gasteiger partial charge in [0, 0.05) is 21.5 Å². The molecule has 1 unspecified atom stereocenters. The van der Waals surface area contributed by atoms with Gasteiger partial charge in [0.25, 0.3) is 0 Å². The van der Waals surface area contributed by atoms with Crippen molar-refractivity contribution in [1.82, 2.24) is 9.55 Å². The Morgan fingerprint density at radius 3 is 2.55 bits per heavy atom. The quantitative estimate of drug-likeness (QED) is 0.353. The van der Waals surface area contributed by atoms with Gasteiger partial charge in [-0.25, -0.2) is 4.45 Å². The predicted molar refractivity (Wildman–Crippen MR) is 92.4 cm³/mol. The highest BCUT2D eigenvalue weighted by Gasteiger charge is 2.11. The van der Waals surface area contributed by atoms with E-state index in [4.69, 9.17) is 11.6 Å². The van der Waals surface area contributed by atoms with Gasteiger partial charge in [-0.15, -0.1) is 0 Å². The molecule has 20 heavy (non-hydrogen) atoms. The summed E-state index contributed by atoms with van der Waals surface area (Å²) >= 11 is 8.12. The van der Waals surface area contributed by atoms with E-state index < -0.39 is 0 Å². The maximum atomic E-state index is 12.4. The van der Waals surface area contributed by atoms with Gasteiger partial charge in [-0.1, -0.05) is 11.6 Å². The second-order valence-electron chi connectivity index (χ2n) is 4.25. The molecule has 0 fully saturated rings. The van der Waals surface area contributed by atoms with Crippen LogP contribution in [0.25, 0.3) is 10.9 Å². The number of nitrogens with zero attached hydrogens (tertiary/aromatic N) is 2. The molecular formula is C14H9ClIN2OP. The standard InChI is InChI=1S/C14H9ClIN2OP/c15-12-4-1-9(2-5-12)14(19)10-3-6-13-11(7-10)8-17-18(13)20-16/h1-8,20H. The van der Waals surface area contributed by atoms with Crippen LogP contribution in [0.4, 0.5) is 0 Å². The smallest absolute Gasteiger partial charge is 0.193 e. The minimum Gasteiger partial charge on any atom is -0.289 e. The Kier molecular flexibility index (Phi) is 4.06. The number of carbonyl (C=O) groups excluding carboxylic acids is 1. The monoisotopic (exact) mass is 414 g/mol. The maximum absolute atomic E-state index is 12.4. The van der Waals surface area contributed by atoms with E-state index in [2.05, 4.69) is 27.1 Å². The van der Waals surface area contributed by atoms with Crippen LogP contribution in [-0.2, 0) is 0 Å². The summed E-state index contributed by atoms with van der Waals surface area (Å²) in [5.41, 5.74) is 2.35. The second-order valence-corrected chi connectivity index (χ2v) is 6.73. The van der Waals surface area contributed by atoms with Crippen molar-refractivity contribution in [2.75, 3.05) is 0 Å². The van der Waals surface area contributed by atoms with Crippen molar-refractivity contribution in [2.24, 2.45) is 0 Å². The molecule has 1 atom stereocenters. The lowest BCUT2D eigenvalue weighted by Gasteiger charge is -2.02. The molecule has 2 aromatic carbocycles. The van der Waals surface area contributed by atoms with Crippen LogP contribution in [0.2, 0.25) is 5.02 Å². The van der Waals surface area contributed by atoms with Gasteiger partial charge in [-0.05, 0) is 64.5 Å². The van der Waals surface area contributed by atoms with Gasteiger partial charge in [0.2, 0.25) is 0 Å². The zero-order valence-electron chi connectivity index (χ0n) is 10.2. The fourth-order valence-corrected chi connectivity index (χ4v) is 3.68. The number of ketones is 1. The van der Waals surface area contributed by atoms with Gasteiger partial charge in [0.15, 0.2) is 5.78 Å². The average molecular weight is 415 g/mol. The fraction of sp³-hybridized carbons (Fsp3) is 0. The summed E-state index contributed by atoms with van der Waals surface area (Å²) in [6, 6.07) is 12.6. The average Bonchev–Trinajstić information content (AvgIpc) is 2.89. The van der Waals surface area contributed by atoms with Gasteiger partial charge >= 0.3 is 0 Å². The van der Waals surface area contributed by atoms with E-state index in [0.717, 1.165) is 10.9 Å². The molecule has 0 aliphatic carbocycles. The second kappa shape index (κ2) is 5.80. The van der Waals surface area contributed by atoms with Crippen LogP contribution >= 0.6 is 40.0 Å². The van der Waals surface area contributed by atoms with E-state index in [-0.39, 0.29) is 5.78 Å². The Morgan fingerprint density at radius 1 is 1.15 bits per heavy atom. The number of hydrogen-bond acceptors (Lipinski definition) is 2. The fourth-order valence-electron chi connectivity index (χ4n) is 2.01. The third kappa shape index (κ3) is 2.60. The number of benzene rings is 2. The third-order valence-electron chi connectivity index (χ3n) is 3.02. The van der Waals surface area contributed by atoms with Crippen molar-refractivity contribution in [3.8, 4) is 0 Å². The van der Waals surface area contributed by atoms with Crippen molar-refractivity contribution in [1.29, 1.82) is 0 Å². The van der Waals surface area contributed by atoms with Gasteiger partial charge in [0.05, 0.1) is 18.1 Å². The maximum Gasteiger partial charge on any atom is 0.193 e. The van der Waals surface area contributed by atoms with Crippen LogP contribution in [0.15, 0.2) is 48.7 Å². The Hall–Kier alpha value is -0.970. The number of hydrogen-bond donors (Lipinski definition) is 0. The largest absolute Gasteiger partial charge is 0.289 e. The Balaban J connectivity index is 2.01. The first-order valence-electron chi connectivity index (χ1n) is 5.84. The number of fused-ring (bicyclic) bond motifs is 1. The van der Waals surface area contributed by atoms with Crippen molar-refractivity contribution in [2.45, 2.75) is 0 Å². The van der Waals surface area contributed by atoms with Crippen LogP contribution in [-0.4, -0.2) is 15.3 Å². The summed E-state index contributed by atoms with van der Waals surface area (Å²) in [5.74, 6) is -0.00626.